The quantitative estimate of drug-likeness (QED) is 0.703. The van der Waals surface area contributed by atoms with Crippen molar-refractivity contribution in [3.63, 3.8) is 0 Å². The average Bonchev–Trinajstić information content (AvgIpc) is 3.28. The van der Waals surface area contributed by atoms with Crippen LogP contribution in [0.4, 0.5) is 0 Å². The first kappa shape index (κ1) is 22.2. The highest BCUT2D eigenvalue weighted by atomic mass is 16.5. The molecule has 8 heteroatoms. The normalized spacial score (nSPS) is 26.0. The molecule has 164 valence electrons. The van der Waals surface area contributed by atoms with Crippen LogP contribution in [-0.4, -0.2) is 53.4 Å². The van der Waals surface area contributed by atoms with Crippen LogP contribution in [-0.2, 0) is 14.3 Å². The third-order valence-electron chi connectivity index (χ3n) is 6.25. The van der Waals surface area contributed by atoms with Crippen molar-refractivity contribution >= 4 is 17.6 Å². The van der Waals surface area contributed by atoms with Gasteiger partial charge in [-0.2, -0.15) is 0 Å². The topological polar surface area (TPSA) is 109 Å². The first-order valence-electron chi connectivity index (χ1n) is 10.6. The van der Waals surface area contributed by atoms with E-state index in [1.54, 1.807) is 17.9 Å². The predicted molar refractivity (Wildman–Crippen MR) is 111 cm³/mol. The van der Waals surface area contributed by atoms with Gasteiger partial charge in [-0.3, -0.25) is 19.2 Å². The average molecular weight is 418 g/mol. The lowest BCUT2D eigenvalue weighted by atomic mass is 9.84. The number of H-pyrrole nitrogens is 1. The van der Waals surface area contributed by atoms with E-state index in [2.05, 4.69) is 17.2 Å². The van der Waals surface area contributed by atoms with Gasteiger partial charge in [0, 0.05) is 36.3 Å². The maximum Gasteiger partial charge on any atom is 0.251 e. The van der Waals surface area contributed by atoms with Gasteiger partial charge in [-0.25, -0.2) is 0 Å². The van der Waals surface area contributed by atoms with Gasteiger partial charge in [0.2, 0.25) is 11.5 Å². The van der Waals surface area contributed by atoms with Gasteiger partial charge in [-0.1, -0.05) is 6.92 Å². The van der Waals surface area contributed by atoms with Crippen molar-refractivity contribution in [1.29, 1.82) is 0 Å². The Hall–Kier alpha value is -2.48. The predicted octanol–water partition coefficient (Wildman–Crippen LogP) is 1.77. The van der Waals surface area contributed by atoms with Crippen LogP contribution in [0.15, 0.2) is 16.9 Å². The maximum absolute atomic E-state index is 13.0. The number of carbonyl (C=O) groups excluding carboxylic acids is 3. The Balaban J connectivity index is 1.52. The van der Waals surface area contributed by atoms with Crippen LogP contribution in [0.2, 0.25) is 0 Å². The summed E-state index contributed by atoms with van der Waals surface area (Å²) >= 11 is 0. The molecule has 1 saturated heterocycles. The summed E-state index contributed by atoms with van der Waals surface area (Å²) in [5, 5.41) is 2.89. The van der Waals surface area contributed by atoms with Crippen molar-refractivity contribution < 1.29 is 19.1 Å². The Morgan fingerprint density at radius 2 is 2.10 bits per heavy atom. The summed E-state index contributed by atoms with van der Waals surface area (Å²) in [5.74, 6) is -0.253. The molecule has 1 aromatic heterocycles. The molecular weight excluding hydrogens is 386 g/mol. The summed E-state index contributed by atoms with van der Waals surface area (Å²) in [6.07, 6.45) is 3.06. The molecule has 0 unspecified atom stereocenters. The molecule has 2 amide bonds. The van der Waals surface area contributed by atoms with Gasteiger partial charge in [-0.15, -0.1) is 0 Å². The molecule has 0 bridgehead atoms. The van der Waals surface area contributed by atoms with Crippen molar-refractivity contribution in [2.75, 3.05) is 19.7 Å². The van der Waals surface area contributed by atoms with Crippen LogP contribution in [0.25, 0.3) is 0 Å². The third kappa shape index (κ3) is 5.16. The molecule has 0 aromatic carbocycles. The number of nitrogens with one attached hydrogen (secondary N) is 2. The molecule has 1 aliphatic carbocycles. The molecule has 2 N–H and O–H groups in total. The molecule has 30 heavy (non-hydrogen) atoms. The molecule has 3 atom stereocenters. The molecule has 2 heterocycles. The smallest absolute Gasteiger partial charge is 0.251 e. The molecule has 0 radical (unpaired) electrons. The lowest BCUT2D eigenvalue weighted by Crippen LogP contribution is -2.43. The van der Waals surface area contributed by atoms with E-state index in [1.807, 2.05) is 6.92 Å². The number of amides is 2. The van der Waals surface area contributed by atoms with Gasteiger partial charge in [0.05, 0.1) is 6.42 Å². The standard InChI is InChI=1S/C22H31N3O5/c1-4-25(19-11-17(26)13-30-19)21(29)15-5-6-22(3,12-15)7-8-23-20(28)16-9-14(2)24-18(27)10-16/h9-10,15,19H,4-8,11-13H2,1-3H3,(H,23,28)(H,24,27)/t15-,19-,22+/m0/s1. The number of ether oxygens (including phenoxy) is 1. The number of carbonyl (C=O) groups is 3. The third-order valence-corrected chi connectivity index (χ3v) is 6.25. The molecule has 1 aromatic rings. The first-order valence-corrected chi connectivity index (χ1v) is 10.6. The SMILES string of the molecule is CCN(C(=O)[C@H]1CC[C@](C)(CCNC(=O)c2cc(C)[nH]c(=O)c2)C1)[C@@H]1CC(=O)CO1. The van der Waals surface area contributed by atoms with Gasteiger partial charge in [-0.05, 0) is 51.0 Å². The minimum atomic E-state index is -0.432. The van der Waals surface area contributed by atoms with Gasteiger partial charge in [0.25, 0.3) is 5.91 Å². The van der Waals surface area contributed by atoms with E-state index in [4.69, 9.17) is 4.74 Å². The van der Waals surface area contributed by atoms with Gasteiger partial charge < -0.3 is 19.9 Å². The first-order chi connectivity index (χ1) is 14.2. The summed E-state index contributed by atoms with van der Waals surface area (Å²) in [5.41, 5.74) is 0.664. The number of ketones is 1. The van der Waals surface area contributed by atoms with E-state index in [0.29, 0.717) is 24.3 Å². The van der Waals surface area contributed by atoms with E-state index in [1.165, 1.54) is 6.07 Å². The highest BCUT2D eigenvalue weighted by Crippen LogP contribution is 2.44. The van der Waals surface area contributed by atoms with Crippen LogP contribution in [0.3, 0.4) is 0 Å². The Morgan fingerprint density at radius 3 is 2.73 bits per heavy atom. The molecule has 0 spiro atoms. The highest BCUT2D eigenvalue weighted by Gasteiger charge is 2.41. The number of aromatic nitrogens is 1. The molecule has 1 aliphatic heterocycles. The summed E-state index contributed by atoms with van der Waals surface area (Å²) in [6.45, 7) is 6.89. The molecular formula is C22H31N3O5. The second-order valence-corrected chi connectivity index (χ2v) is 8.81. The zero-order valence-electron chi connectivity index (χ0n) is 18.0. The maximum atomic E-state index is 13.0. The Bertz CT molecular complexity index is 880. The Labute approximate surface area is 176 Å². The number of aromatic amines is 1. The molecule has 2 fully saturated rings. The number of Topliss-reactive ketones (excluding diaryl/α,β-unsaturated/α-hetero) is 1. The van der Waals surface area contributed by atoms with E-state index >= 15 is 0 Å². The minimum absolute atomic E-state index is 0.0360. The van der Waals surface area contributed by atoms with Crippen LogP contribution >= 0.6 is 0 Å². The van der Waals surface area contributed by atoms with Crippen LogP contribution in [0.1, 0.15) is 62.0 Å². The van der Waals surface area contributed by atoms with E-state index in [9.17, 15) is 19.2 Å². The minimum Gasteiger partial charge on any atom is -0.352 e. The lowest BCUT2D eigenvalue weighted by molar-refractivity contribution is -0.146. The van der Waals surface area contributed by atoms with Crippen LogP contribution < -0.4 is 10.9 Å². The van der Waals surface area contributed by atoms with Gasteiger partial charge in [0.15, 0.2) is 5.78 Å². The summed E-state index contributed by atoms with van der Waals surface area (Å²) in [4.78, 5) is 52.7. The summed E-state index contributed by atoms with van der Waals surface area (Å²) < 4.78 is 5.48. The van der Waals surface area contributed by atoms with E-state index < -0.39 is 6.23 Å². The Kier molecular flexibility index (Phi) is 6.75. The number of aryl methyl sites for hydroxylation is 1. The van der Waals surface area contributed by atoms with Crippen LogP contribution in [0.5, 0.6) is 0 Å². The number of hydrogen-bond donors (Lipinski definition) is 2. The fourth-order valence-electron chi connectivity index (χ4n) is 4.59. The zero-order chi connectivity index (χ0) is 21.9. The van der Waals surface area contributed by atoms with Crippen molar-refractivity contribution in [2.45, 2.75) is 59.1 Å². The number of hydrogen-bond acceptors (Lipinski definition) is 5. The fourth-order valence-corrected chi connectivity index (χ4v) is 4.59. The van der Waals surface area contributed by atoms with Crippen molar-refractivity contribution in [1.82, 2.24) is 15.2 Å². The second-order valence-electron chi connectivity index (χ2n) is 8.81. The molecule has 2 aliphatic rings. The fraction of sp³-hybridized carbons (Fsp3) is 0.636. The van der Waals surface area contributed by atoms with Crippen LogP contribution in [0, 0.1) is 18.3 Å². The van der Waals surface area contributed by atoms with Crippen molar-refractivity contribution in [2.24, 2.45) is 11.3 Å². The Morgan fingerprint density at radius 1 is 1.33 bits per heavy atom. The number of nitrogens with zero attached hydrogens (tertiary/aromatic N) is 1. The van der Waals surface area contributed by atoms with Gasteiger partial charge >= 0.3 is 0 Å². The lowest BCUT2D eigenvalue weighted by Gasteiger charge is -2.30. The summed E-state index contributed by atoms with van der Waals surface area (Å²) in [7, 11) is 0. The van der Waals surface area contributed by atoms with Gasteiger partial charge in [0.1, 0.15) is 12.8 Å². The zero-order valence-corrected chi connectivity index (χ0v) is 18.0. The highest BCUT2D eigenvalue weighted by molar-refractivity contribution is 5.94. The van der Waals surface area contributed by atoms with Crippen molar-refractivity contribution in [3.05, 3.63) is 33.7 Å². The number of pyridine rings is 1. The van der Waals surface area contributed by atoms with E-state index in [0.717, 1.165) is 25.7 Å². The van der Waals surface area contributed by atoms with E-state index in [-0.39, 0.29) is 47.5 Å². The molecule has 8 nitrogen and oxygen atoms in total. The molecule has 3 rings (SSSR count). The second kappa shape index (κ2) is 9.12. The monoisotopic (exact) mass is 417 g/mol. The van der Waals surface area contributed by atoms with Crippen molar-refractivity contribution in [3.8, 4) is 0 Å². The largest absolute Gasteiger partial charge is 0.352 e. The number of rotatable bonds is 7. The molecule has 1 saturated carbocycles. The summed E-state index contributed by atoms with van der Waals surface area (Å²) in [6, 6.07) is 2.95.